The van der Waals surface area contributed by atoms with E-state index in [-0.39, 0.29) is 13.2 Å². The van der Waals surface area contributed by atoms with Crippen molar-refractivity contribution in [3.63, 3.8) is 0 Å². The molecule has 3 aromatic heterocycles. The number of aryl methyl sites for hydroxylation is 1. The number of ether oxygens (including phenoxy) is 5. The lowest BCUT2D eigenvalue weighted by molar-refractivity contribution is -0.834. The van der Waals surface area contributed by atoms with Crippen molar-refractivity contribution in [2.24, 2.45) is 7.05 Å². The van der Waals surface area contributed by atoms with Crippen LogP contribution >= 0.6 is 0 Å². The number of carbonyl (C=O) groups excluding carboxylic acids is 1. The van der Waals surface area contributed by atoms with E-state index in [0.717, 1.165) is 16.6 Å². The number of hydrogen-bond donors (Lipinski definition) is 0. The fraction of sp³-hybridized carbons (Fsp3) is 0.312. The third-order valence-corrected chi connectivity index (χ3v) is 7.19. The zero-order chi connectivity index (χ0) is 32.1. The van der Waals surface area contributed by atoms with Gasteiger partial charge >= 0.3 is 5.65 Å². The largest absolute Gasteiger partial charge is 0.493 e. The highest BCUT2D eigenvalue weighted by Crippen LogP contribution is 2.35. The van der Waals surface area contributed by atoms with E-state index < -0.39 is 0 Å². The molecule has 0 N–H and O–H groups in total. The van der Waals surface area contributed by atoms with Gasteiger partial charge in [-0.1, -0.05) is 41.1 Å². The number of fused-ring (bicyclic) bond motifs is 3. The zero-order valence-corrected chi connectivity index (χ0v) is 26.1. The number of piperidine rings is 1. The molecule has 0 radical (unpaired) electrons. The van der Waals surface area contributed by atoms with E-state index in [1.807, 2.05) is 55.6 Å². The number of para-hydroxylation sites is 2. The van der Waals surface area contributed by atoms with E-state index in [9.17, 15) is 4.79 Å². The number of Topliss-reactive ketones (excluding diaryl/α,β-unsaturated/α-hetero) is 1. The van der Waals surface area contributed by atoms with E-state index >= 15 is 0 Å². The molecule has 0 aliphatic carbocycles. The van der Waals surface area contributed by atoms with Gasteiger partial charge < -0.3 is 23.7 Å². The van der Waals surface area contributed by atoms with Gasteiger partial charge in [0.2, 0.25) is 11.2 Å². The number of aromatic nitrogens is 6. The molecule has 0 atom stereocenters. The molecule has 0 bridgehead atoms. The molecule has 14 heteroatoms. The molecule has 242 valence electrons. The van der Waals surface area contributed by atoms with Crippen molar-refractivity contribution in [2.45, 2.75) is 7.43 Å². The van der Waals surface area contributed by atoms with Gasteiger partial charge in [-0.15, -0.1) is 9.61 Å². The third kappa shape index (κ3) is 6.47. The first-order valence-electron chi connectivity index (χ1n) is 13.8. The van der Waals surface area contributed by atoms with Crippen molar-refractivity contribution in [2.75, 3.05) is 55.7 Å². The summed E-state index contributed by atoms with van der Waals surface area (Å²) >= 11 is 0. The van der Waals surface area contributed by atoms with Crippen molar-refractivity contribution in [1.29, 1.82) is 0 Å². The number of methoxy groups -OCH3 is 5. The predicted molar refractivity (Wildman–Crippen MR) is 170 cm³/mol. The third-order valence-electron chi connectivity index (χ3n) is 7.19. The second-order valence-electron chi connectivity index (χ2n) is 10.0. The number of rotatable bonds is 7. The first-order valence-corrected chi connectivity index (χ1v) is 13.8. The van der Waals surface area contributed by atoms with Gasteiger partial charge in [0.25, 0.3) is 0 Å². The summed E-state index contributed by atoms with van der Waals surface area (Å²) in [5.74, 6) is 3.04. The Bertz CT molecular complexity index is 1830. The van der Waals surface area contributed by atoms with Crippen molar-refractivity contribution < 1.29 is 37.8 Å². The van der Waals surface area contributed by atoms with Gasteiger partial charge in [0.1, 0.15) is 7.05 Å². The van der Waals surface area contributed by atoms with Crippen LogP contribution in [0.1, 0.15) is 18.6 Å². The molecule has 1 fully saturated rings. The summed E-state index contributed by atoms with van der Waals surface area (Å²) in [5.41, 5.74) is 4.79. The summed E-state index contributed by atoms with van der Waals surface area (Å²) in [7, 11) is 11.7. The highest BCUT2D eigenvalue weighted by Gasteiger charge is 2.26. The minimum absolute atomic E-state index is 0. The number of pyridine rings is 1. The standard InChI is InChI=1S/C24H27NO5.C7H7N6O2.CH4/c1-25-14-18(12-16-8-6-10-20(27-2)23(16)29-4)22(26)19(15-25)13-17-9-7-11-21(28-3)24(17)30-5;1-12-4-3-5(14-2)7-8-10-11-13(7)6(4)9-15-12;/h6-13H,14-15H2,1-5H3;3H,1-2H3;1H4/q;+1;/b18-12+,19-13+;;. The number of likely N-dealkylation sites (N-methyl/N-ethyl adjacent to an activating group) is 1. The Morgan fingerprint density at radius 2 is 1.35 bits per heavy atom. The van der Waals surface area contributed by atoms with Crippen LogP contribution in [0.5, 0.6) is 28.7 Å². The minimum Gasteiger partial charge on any atom is -0.493 e. The molecule has 5 aromatic rings. The summed E-state index contributed by atoms with van der Waals surface area (Å²) in [6, 6.07) is 13.0. The van der Waals surface area contributed by atoms with Crippen LogP contribution in [-0.2, 0) is 11.8 Å². The van der Waals surface area contributed by atoms with Crippen LogP contribution < -0.4 is 28.4 Å². The van der Waals surface area contributed by atoms with Crippen LogP contribution in [-0.4, -0.2) is 91.6 Å². The molecule has 1 aliphatic rings. The number of tetrazole rings is 1. The van der Waals surface area contributed by atoms with Gasteiger partial charge in [0.05, 0.1) is 35.5 Å². The minimum atomic E-state index is 0. The molecule has 6 rings (SSSR count). The Morgan fingerprint density at radius 3 is 1.85 bits per heavy atom. The van der Waals surface area contributed by atoms with Gasteiger partial charge in [-0.25, -0.2) is 0 Å². The van der Waals surface area contributed by atoms with Crippen LogP contribution in [0.15, 0.2) is 58.2 Å². The highest BCUT2D eigenvalue weighted by molar-refractivity contribution is 6.15. The van der Waals surface area contributed by atoms with Crippen LogP contribution in [0.25, 0.3) is 29.0 Å². The lowest BCUT2D eigenvalue weighted by atomic mass is 9.94. The number of carbonyl (C=O) groups is 1. The van der Waals surface area contributed by atoms with Crippen molar-refractivity contribution >= 4 is 34.7 Å². The highest BCUT2D eigenvalue weighted by atomic mass is 16.6. The molecule has 0 spiro atoms. The fourth-order valence-electron chi connectivity index (χ4n) is 5.09. The SMILES string of the molecule is C.COc1cc2c(no[n+]2C)n2nnnc12.COc1cccc(/C=C2\CN(C)C/C(=C\c3cccc(OC)c3OC)C2=O)c1OC. The number of likely N-dealkylation sites (tertiary alicyclic amines) is 1. The van der Waals surface area contributed by atoms with Crippen molar-refractivity contribution in [3.05, 3.63) is 64.7 Å². The predicted octanol–water partition coefficient (Wildman–Crippen LogP) is 3.44. The molecule has 2 aromatic carbocycles. The van der Waals surface area contributed by atoms with E-state index in [0.29, 0.717) is 64.3 Å². The lowest BCUT2D eigenvalue weighted by Crippen LogP contribution is -2.34. The second-order valence-corrected chi connectivity index (χ2v) is 10.0. The average Bonchev–Trinajstić information content (AvgIpc) is 3.69. The molecule has 46 heavy (non-hydrogen) atoms. The first-order chi connectivity index (χ1) is 21.8. The van der Waals surface area contributed by atoms with Crippen LogP contribution in [0.2, 0.25) is 0 Å². The summed E-state index contributed by atoms with van der Waals surface area (Å²) in [4.78, 5) is 15.4. The molecule has 14 nitrogen and oxygen atoms in total. The molecule has 0 saturated carbocycles. The van der Waals surface area contributed by atoms with Crippen LogP contribution in [0.3, 0.4) is 0 Å². The molecular formula is C32H38N7O7+. The number of ketones is 1. The molecule has 0 unspecified atom stereocenters. The maximum atomic E-state index is 13.3. The zero-order valence-electron chi connectivity index (χ0n) is 26.1. The molecule has 0 amide bonds. The van der Waals surface area contributed by atoms with E-state index in [1.54, 1.807) is 48.7 Å². The summed E-state index contributed by atoms with van der Waals surface area (Å²) in [6.07, 6.45) is 3.74. The average molecular weight is 633 g/mol. The lowest BCUT2D eigenvalue weighted by Gasteiger charge is -2.26. The van der Waals surface area contributed by atoms with Gasteiger partial charge in [-0.2, -0.15) is 0 Å². The number of nitrogens with zero attached hydrogens (tertiary/aromatic N) is 7. The van der Waals surface area contributed by atoms with E-state index in [2.05, 4.69) is 25.6 Å². The van der Waals surface area contributed by atoms with E-state index in [1.165, 1.54) is 9.26 Å². The molecule has 1 saturated heterocycles. The maximum absolute atomic E-state index is 13.3. The first kappa shape index (κ1) is 33.4. The van der Waals surface area contributed by atoms with Gasteiger partial charge in [0, 0.05) is 41.4 Å². The van der Waals surface area contributed by atoms with Crippen molar-refractivity contribution in [1.82, 2.24) is 30.1 Å². The smallest absolute Gasteiger partial charge is 0.370 e. The Labute approximate surface area is 266 Å². The van der Waals surface area contributed by atoms with Crippen LogP contribution in [0, 0.1) is 0 Å². The monoisotopic (exact) mass is 632 g/mol. The Balaban J connectivity index is 0.000000250. The Morgan fingerprint density at radius 1 is 0.804 bits per heavy atom. The van der Waals surface area contributed by atoms with E-state index in [4.69, 9.17) is 28.3 Å². The van der Waals surface area contributed by atoms with Gasteiger partial charge in [-0.05, 0) is 41.8 Å². The van der Waals surface area contributed by atoms with Crippen molar-refractivity contribution in [3.8, 4) is 28.7 Å². The number of hydrogen-bond acceptors (Lipinski definition) is 12. The fourth-order valence-corrected chi connectivity index (χ4v) is 5.09. The van der Waals surface area contributed by atoms with Gasteiger partial charge in [0.15, 0.2) is 39.7 Å². The number of benzene rings is 2. The summed E-state index contributed by atoms with van der Waals surface area (Å²) < 4.78 is 34.9. The Hall–Kier alpha value is -5.50. The summed E-state index contributed by atoms with van der Waals surface area (Å²) in [6.45, 7) is 1.09. The quantitative estimate of drug-likeness (QED) is 0.192. The van der Waals surface area contributed by atoms with Gasteiger partial charge in [-0.3, -0.25) is 9.69 Å². The summed E-state index contributed by atoms with van der Waals surface area (Å²) in [5, 5.41) is 15.1. The maximum Gasteiger partial charge on any atom is 0.370 e. The molecular weight excluding hydrogens is 594 g/mol. The topological polar surface area (TPSA) is 139 Å². The normalized spacial score (nSPS) is 15.0. The molecule has 4 heterocycles. The Kier molecular flexibility index (Phi) is 10.5. The second kappa shape index (κ2) is 14.5. The van der Waals surface area contributed by atoms with Crippen LogP contribution in [0.4, 0.5) is 0 Å². The molecule has 1 aliphatic heterocycles.